The van der Waals surface area contributed by atoms with Gasteiger partial charge in [0.25, 0.3) is 0 Å². The van der Waals surface area contributed by atoms with Crippen LogP contribution in [0.3, 0.4) is 0 Å². The first kappa shape index (κ1) is 24.2. The van der Waals surface area contributed by atoms with Gasteiger partial charge in [-0.05, 0) is 45.2 Å². The molecule has 3 heteroatoms. The maximum absolute atomic E-state index is 5.17. The van der Waals surface area contributed by atoms with Gasteiger partial charge in [-0.15, -0.1) is 11.3 Å². The molecule has 0 unspecified atom stereocenters. The van der Waals surface area contributed by atoms with Crippen LogP contribution in [-0.4, -0.2) is 9.97 Å². The predicted octanol–water partition coefficient (Wildman–Crippen LogP) is 11.3. The number of benzene rings is 7. The molecule has 0 aliphatic rings. The van der Waals surface area contributed by atoms with Gasteiger partial charge in [0.05, 0.1) is 22.9 Å². The van der Waals surface area contributed by atoms with Crippen LogP contribution >= 0.6 is 11.3 Å². The summed E-state index contributed by atoms with van der Waals surface area (Å²) < 4.78 is 2.67. The summed E-state index contributed by atoms with van der Waals surface area (Å²) in [6.45, 7) is 0. The monoisotopic (exact) mass is 564 g/mol. The quantitative estimate of drug-likeness (QED) is 0.199. The zero-order chi connectivity index (χ0) is 28.3. The summed E-state index contributed by atoms with van der Waals surface area (Å²) in [6, 6.07) is 49.9. The van der Waals surface area contributed by atoms with Crippen LogP contribution < -0.4 is 0 Å². The third-order valence-corrected chi connectivity index (χ3v) is 9.74. The molecule has 2 heterocycles. The third kappa shape index (κ3) is 3.86. The summed E-state index contributed by atoms with van der Waals surface area (Å²) >= 11 is 1.87. The van der Waals surface area contributed by atoms with Crippen LogP contribution in [-0.2, 0) is 0 Å². The van der Waals surface area contributed by atoms with E-state index in [-0.39, 0.29) is 0 Å². The molecule has 0 radical (unpaired) electrons. The van der Waals surface area contributed by atoms with Crippen LogP contribution in [0.2, 0.25) is 0 Å². The molecule has 9 aromatic rings. The Morgan fingerprint density at radius 2 is 1.02 bits per heavy atom. The van der Waals surface area contributed by atoms with Crippen LogP contribution in [0.5, 0.6) is 0 Å². The normalized spacial score (nSPS) is 11.7. The van der Waals surface area contributed by atoms with Crippen molar-refractivity contribution < 1.29 is 0 Å². The van der Waals surface area contributed by atoms with Gasteiger partial charge < -0.3 is 0 Å². The Hall–Kier alpha value is -5.38. The Kier molecular flexibility index (Phi) is 5.40. The second-order valence-electron chi connectivity index (χ2n) is 11.0. The highest BCUT2D eigenvalue weighted by Gasteiger charge is 2.13. The van der Waals surface area contributed by atoms with Crippen molar-refractivity contribution >= 4 is 64.1 Å². The number of hydrogen-bond donors (Lipinski definition) is 0. The first-order chi connectivity index (χ1) is 21.3. The second-order valence-corrected chi connectivity index (χ2v) is 12.0. The molecule has 0 bridgehead atoms. The standard InChI is InChI=1S/C40H24N2S/c1-3-14-33-30(11-1)31-12-2-4-15-34(31)39-38(33)41-24-36(42-39)26-21-19-25(20-22-26)27-9-7-10-28(23-27)29-16-8-17-35-32-13-5-6-18-37(32)43-40(29)35/h1-24H. The fourth-order valence-electron chi connectivity index (χ4n) is 6.44. The highest BCUT2D eigenvalue weighted by Crippen LogP contribution is 2.40. The lowest BCUT2D eigenvalue weighted by Crippen LogP contribution is -1.92. The van der Waals surface area contributed by atoms with E-state index in [0.29, 0.717) is 0 Å². The molecule has 0 saturated heterocycles. The van der Waals surface area contributed by atoms with E-state index in [1.165, 1.54) is 53.2 Å². The van der Waals surface area contributed by atoms with Gasteiger partial charge in [0.1, 0.15) is 0 Å². The van der Waals surface area contributed by atoms with Gasteiger partial charge in [-0.3, -0.25) is 4.98 Å². The van der Waals surface area contributed by atoms with Gasteiger partial charge in [-0.1, -0.05) is 127 Å². The predicted molar refractivity (Wildman–Crippen MR) is 184 cm³/mol. The van der Waals surface area contributed by atoms with Gasteiger partial charge >= 0.3 is 0 Å². The molecule has 0 spiro atoms. The molecular weight excluding hydrogens is 541 g/mol. The van der Waals surface area contributed by atoms with Crippen LogP contribution in [0.1, 0.15) is 0 Å². The number of rotatable bonds is 3. The highest BCUT2D eigenvalue weighted by atomic mass is 32.1. The van der Waals surface area contributed by atoms with Crippen molar-refractivity contribution in [3.63, 3.8) is 0 Å². The molecule has 2 aromatic heterocycles. The van der Waals surface area contributed by atoms with Crippen LogP contribution in [0.15, 0.2) is 146 Å². The van der Waals surface area contributed by atoms with Crippen molar-refractivity contribution in [2.75, 3.05) is 0 Å². The van der Waals surface area contributed by atoms with Crippen molar-refractivity contribution in [1.82, 2.24) is 9.97 Å². The number of aromatic nitrogens is 2. The van der Waals surface area contributed by atoms with Crippen molar-refractivity contribution in [3.8, 4) is 33.5 Å². The van der Waals surface area contributed by atoms with Crippen molar-refractivity contribution in [2.45, 2.75) is 0 Å². The fourth-order valence-corrected chi connectivity index (χ4v) is 7.67. The van der Waals surface area contributed by atoms with Gasteiger partial charge in [-0.2, -0.15) is 0 Å². The molecule has 0 fully saturated rings. The summed E-state index contributed by atoms with van der Waals surface area (Å²) in [5.41, 5.74) is 8.72. The van der Waals surface area contributed by atoms with Gasteiger partial charge in [0.15, 0.2) is 0 Å². The average molecular weight is 565 g/mol. The lowest BCUT2D eigenvalue weighted by molar-refractivity contribution is 1.31. The van der Waals surface area contributed by atoms with Crippen LogP contribution in [0.4, 0.5) is 0 Å². The molecule has 200 valence electrons. The Balaban J connectivity index is 1.11. The molecule has 9 rings (SSSR count). The Morgan fingerprint density at radius 1 is 0.419 bits per heavy atom. The Labute approximate surface area is 252 Å². The maximum Gasteiger partial charge on any atom is 0.0979 e. The zero-order valence-corrected chi connectivity index (χ0v) is 24.0. The first-order valence-electron chi connectivity index (χ1n) is 14.5. The Morgan fingerprint density at radius 3 is 1.81 bits per heavy atom. The number of hydrogen-bond acceptors (Lipinski definition) is 3. The smallest absolute Gasteiger partial charge is 0.0979 e. The lowest BCUT2D eigenvalue weighted by Gasteiger charge is -2.11. The Bertz CT molecular complexity index is 2470. The van der Waals surface area contributed by atoms with E-state index in [2.05, 4.69) is 140 Å². The minimum Gasteiger partial charge on any atom is -0.252 e. The first-order valence-corrected chi connectivity index (χ1v) is 15.3. The van der Waals surface area contributed by atoms with Crippen molar-refractivity contribution in [2.24, 2.45) is 0 Å². The van der Waals surface area contributed by atoms with E-state index < -0.39 is 0 Å². The van der Waals surface area contributed by atoms with Gasteiger partial charge in [0, 0.05) is 36.5 Å². The van der Waals surface area contributed by atoms with Crippen LogP contribution in [0, 0.1) is 0 Å². The lowest BCUT2D eigenvalue weighted by atomic mass is 9.97. The largest absolute Gasteiger partial charge is 0.252 e. The summed E-state index contributed by atoms with van der Waals surface area (Å²) in [4.78, 5) is 10.1. The molecule has 7 aromatic carbocycles. The minimum absolute atomic E-state index is 0.879. The summed E-state index contributed by atoms with van der Waals surface area (Å²) in [5.74, 6) is 0. The number of fused-ring (bicyclic) bond motifs is 9. The third-order valence-electron chi connectivity index (χ3n) is 8.52. The number of nitrogens with zero attached hydrogens (tertiary/aromatic N) is 2. The molecule has 0 atom stereocenters. The second kappa shape index (κ2) is 9.59. The molecule has 0 aliphatic heterocycles. The van der Waals surface area contributed by atoms with E-state index >= 15 is 0 Å². The molecule has 43 heavy (non-hydrogen) atoms. The fraction of sp³-hybridized carbons (Fsp3) is 0. The van der Waals surface area contributed by atoms with E-state index in [9.17, 15) is 0 Å². The maximum atomic E-state index is 5.17. The summed E-state index contributed by atoms with van der Waals surface area (Å²) in [6.07, 6.45) is 1.91. The minimum atomic E-state index is 0.879. The van der Waals surface area contributed by atoms with Gasteiger partial charge in [-0.25, -0.2) is 4.98 Å². The molecule has 0 aliphatic carbocycles. The molecule has 0 amide bonds. The van der Waals surface area contributed by atoms with E-state index in [1.807, 2.05) is 17.5 Å². The van der Waals surface area contributed by atoms with Crippen molar-refractivity contribution in [3.05, 3.63) is 146 Å². The van der Waals surface area contributed by atoms with Crippen LogP contribution in [0.25, 0.3) is 86.3 Å². The highest BCUT2D eigenvalue weighted by molar-refractivity contribution is 7.26. The molecular formula is C40H24N2S. The molecule has 0 saturated carbocycles. The summed E-state index contributed by atoms with van der Waals surface area (Å²) in [5, 5.41) is 7.34. The summed E-state index contributed by atoms with van der Waals surface area (Å²) in [7, 11) is 0. The van der Waals surface area contributed by atoms with E-state index in [1.54, 1.807) is 0 Å². The molecule has 2 nitrogen and oxygen atoms in total. The number of thiophene rings is 1. The SMILES string of the molecule is c1cc(-c2ccc(-c3cnc4c5ccccc5c5ccccc5c4n3)cc2)cc(-c2cccc3c2sc2ccccc23)c1. The zero-order valence-electron chi connectivity index (χ0n) is 23.2. The van der Waals surface area contributed by atoms with E-state index in [4.69, 9.17) is 9.97 Å². The van der Waals surface area contributed by atoms with Gasteiger partial charge in [0.2, 0.25) is 0 Å². The topological polar surface area (TPSA) is 25.8 Å². The van der Waals surface area contributed by atoms with Crippen molar-refractivity contribution in [1.29, 1.82) is 0 Å². The molecule has 0 N–H and O–H groups in total. The van der Waals surface area contributed by atoms with E-state index in [0.717, 1.165) is 33.1 Å². The average Bonchev–Trinajstić information content (AvgIpc) is 3.47.